The number of hydrogen-bond acceptors (Lipinski definition) is 2. The standard InChI is InChI=1S/C10H19NO/c12-7-6-11-10-5-4-8-2-1-3-9(8)10/h8-12H,1-7H2. The van der Waals surface area contributed by atoms with Gasteiger partial charge in [-0.3, -0.25) is 0 Å². The van der Waals surface area contributed by atoms with E-state index < -0.39 is 0 Å². The van der Waals surface area contributed by atoms with E-state index in [2.05, 4.69) is 5.32 Å². The Morgan fingerprint density at radius 3 is 2.92 bits per heavy atom. The van der Waals surface area contributed by atoms with E-state index in [1.807, 2.05) is 0 Å². The van der Waals surface area contributed by atoms with Crippen molar-refractivity contribution in [2.24, 2.45) is 11.8 Å². The zero-order chi connectivity index (χ0) is 8.39. The van der Waals surface area contributed by atoms with E-state index in [1.165, 1.54) is 32.1 Å². The van der Waals surface area contributed by atoms with Crippen LogP contribution >= 0.6 is 0 Å². The van der Waals surface area contributed by atoms with Crippen molar-refractivity contribution in [3.8, 4) is 0 Å². The summed E-state index contributed by atoms with van der Waals surface area (Å²) in [7, 11) is 0. The lowest BCUT2D eigenvalue weighted by molar-refractivity contribution is 0.271. The predicted molar refractivity (Wildman–Crippen MR) is 48.9 cm³/mol. The molecule has 0 spiro atoms. The van der Waals surface area contributed by atoms with Gasteiger partial charge in [-0.25, -0.2) is 0 Å². The van der Waals surface area contributed by atoms with Crippen LogP contribution in [0.25, 0.3) is 0 Å². The van der Waals surface area contributed by atoms with Crippen molar-refractivity contribution in [1.82, 2.24) is 5.32 Å². The topological polar surface area (TPSA) is 32.3 Å². The van der Waals surface area contributed by atoms with Gasteiger partial charge in [0.05, 0.1) is 6.61 Å². The summed E-state index contributed by atoms with van der Waals surface area (Å²) in [5.74, 6) is 1.96. The third kappa shape index (κ3) is 1.50. The van der Waals surface area contributed by atoms with Crippen LogP contribution in [0.2, 0.25) is 0 Å². The van der Waals surface area contributed by atoms with Crippen LogP contribution in [0.15, 0.2) is 0 Å². The number of rotatable bonds is 3. The fraction of sp³-hybridized carbons (Fsp3) is 1.00. The van der Waals surface area contributed by atoms with Gasteiger partial charge in [-0.05, 0) is 31.1 Å². The minimum absolute atomic E-state index is 0.286. The summed E-state index contributed by atoms with van der Waals surface area (Å²) in [5, 5.41) is 12.2. The molecule has 12 heavy (non-hydrogen) atoms. The summed E-state index contributed by atoms with van der Waals surface area (Å²) >= 11 is 0. The third-order valence-corrected chi connectivity index (χ3v) is 3.60. The average Bonchev–Trinajstić information content (AvgIpc) is 2.62. The Kier molecular flexibility index (Phi) is 2.66. The van der Waals surface area contributed by atoms with Gasteiger partial charge in [0.2, 0.25) is 0 Å². The Hall–Kier alpha value is -0.0800. The van der Waals surface area contributed by atoms with E-state index in [1.54, 1.807) is 0 Å². The maximum atomic E-state index is 8.70. The Balaban J connectivity index is 1.83. The molecule has 2 nitrogen and oxygen atoms in total. The van der Waals surface area contributed by atoms with Gasteiger partial charge < -0.3 is 10.4 Å². The van der Waals surface area contributed by atoms with Crippen LogP contribution in [0.4, 0.5) is 0 Å². The summed E-state index contributed by atoms with van der Waals surface area (Å²) < 4.78 is 0. The molecule has 3 unspecified atom stereocenters. The summed E-state index contributed by atoms with van der Waals surface area (Å²) in [5.41, 5.74) is 0. The fourth-order valence-electron chi connectivity index (χ4n) is 3.06. The molecule has 0 radical (unpaired) electrons. The van der Waals surface area contributed by atoms with E-state index in [4.69, 9.17) is 5.11 Å². The van der Waals surface area contributed by atoms with E-state index in [-0.39, 0.29) is 6.61 Å². The molecule has 2 rings (SSSR count). The Bertz CT molecular complexity index is 149. The van der Waals surface area contributed by atoms with Gasteiger partial charge in [0, 0.05) is 12.6 Å². The first-order chi connectivity index (χ1) is 5.92. The van der Waals surface area contributed by atoms with E-state index in [9.17, 15) is 0 Å². The minimum Gasteiger partial charge on any atom is -0.395 e. The van der Waals surface area contributed by atoms with Crippen molar-refractivity contribution in [2.75, 3.05) is 13.2 Å². The molecule has 0 saturated heterocycles. The van der Waals surface area contributed by atoms with Crippen molar-refractivity contribution in [3.05, 3.63) is 0 Å². The van der Waals surface area contributed by atoms with Crippen molar-refractivity contribution in [3.63, 3.8) is 0 Å². The number of hydrogen-bond donors (Lipinski definition) is 2. The molecule has 0 aromatic rings. The maximum Gasteiger partial charge on any atom is 0.0556 e. The van der Waals surface area contributed by atoms with Crippen LogP contribution in [-0.4, -0.2) is 24.3 Å². The Morgan fingerprint density at radius 1 is 1.17 bits per heavy atom. The summed E-state index contributed by atoms with van der Waals surface area (Å²) in [6.07, 6.45) is 7.09. The van der Waals surface area contributed by atoms with Crippen molar-refractivity contribution < 1.29 is 5.11 Å². The van der Waals surface area contributed by atoms with Crippen LogP contribution in [0.1, 0.15) is 32.1 Å². The highest BCUT2D eigenvalue weighted by molar-refractivity contribution is 4.92. The lowest BCUT2D eigenvalue weighted by Gasteiger charge is -2.19. The van der Waals surface area contributed by atoms with Crippen molar-refractivity contribution >= 4 is 0 Å². The van der Waals surface area contributed by atoms with Gasteiger partial charge in [0.25, 0.3) is 0 Å². The molecule has 0 aromatic carbocycles. The molecule has 0 amide bonds. The first kappa shape index (κ1) is 8.52. The fourth-order valence-corrected chi connectivity index (χ4v) is 3.06. The number of nitrogens with one attached hydrogen (secondary N) is 1. The van der Waals surface area contributed by atoms with Gasteiger partial charge in [0.15, 0.2) is 0 Å². The largest absolute Gasteiger partial charge is 0.395 e. The molecule has 2 saturated carbocycles. The monoisotopic (exact) mass is 169 g/mol. The van der Waals surface area contributed by atoms with Gasteiger partial charge in [0.1, 0.15) is 0 Å². The zero-order valence-electron chi connectivity index (χ0n) is 7.63. The van der Waals surface area contributed by atoms with Gasteiger partial charge in [-0.2, -0.15) is 0 Å². The average molecular weight is 169 g/mol. The highest BCUT2D eigenvalue weighted by Gasteiger charge is 2.38. The zero-order valence-corrected chi connectivity index (χ0v) is 7.63. The second-order valence-electron chi connectivity index (χ2n) is 4.22. The molecule has 0 aromatic heterocycles. The number of aliphatic hydroxyl groups is 1. The number of fused-ring (bicyclic) bond motifs is 1. The second-order valence-corrected chi connectivity index (χ2v) is 4.22. The first-order valence-corrected chi connectivity index (χ1v) is 5.26. The smallest absolute Gasteiger partial charge is 0.0556 e. The molecule has 2 fully saturated rings. The second kappa shape index (κ2) is 3.75. The quantitative estimate of drug-likeness (QED) is 0.664. The van der Waals surface area contributed by atoms with Crippen molar-refractivity contribution in [1.29, 1.82) is 0 Å². The van der Waals surface area contributed by atoms with Crippen LogP contribution in [0, 0.1) is 11.8 Å². The van der Waals surface area contributed by atoms with E-state index in [0.717, 1.165) is 24.4 Å². The van der Waals surface area contributed by atoms with E-state index >= 15 is 0 Å². The summed E-state index contributed by atoms with van der Waals surface area (Å²) in [6, 6.07) is 0.727. The summed E-state index contributed by atoms with van der Waals surface area (Å²) in [6.45, 7) is 1.07. The first-order valence-electron chi connectivity index (χ1n) is 5.26. The molecule has 2 aliphatic rings. The van der Waals surface area contributed by atoms with Crippen LogP contribution in [0.3, 0.4) is 0 Å². The SMILES string of the molecule is OCCNC1CCC2CCCC21. The summed E-state index contributed by atoms with van der Waals surface area (Å²) in [4.78, 5) is 0. The predicted octanol–water partition coefficient (Wildman–Crippen LogP) is 1.15. The molecule has 3 atom stereocenters. The molecule has 2 N–H and O–H groups in total. The highest BCUT2D eigenvalue weighted by Crippen LogP contribution is 2.43. The molecule has 0 aliphatic heterocycles. The van der Waals surface area contributed by atoms with Crippen molar-refractivity contribution in [2.45, 2.75) is 38.1 Å². The normalized spacial score (nSPS) is 40.2. The lowest BCUT2D eigenvalue weighted by atomic mass is 9.98. The molecule has 0 bridgehead atoms. The molecular weight excluding hydrogens is 150 g/mol. The minimum atomic E-state index is 0.286. The van der Waals surface area contributed by atoms with Crippen LogP contribution in [-0.2, 0) is 0 Å². The van der Waals surface area contributed by atoms with Gasteiger partial charge in [-0.1, -0.05) is 12.8 Å². The number of aliphatic hydroxyl groups excluding tert-OH is 1. The third-order valence-electron chi connectivity index (χ3n) is 3.60. The van der Waals surface area contributed by atoms with Crippen LogP contribution in [0.5, 0.6) is 0 Å². The Labute approximate surface area is 74.4 Å². The molecule has 70 valence electrons. The Morgan fingerprint density at radius 2 is 2.08 bits per heavy atom. The lowest BCUT2D eigenvalue weighted by Crippen LogP contribution is -2.34. The van der Waals surface area contributed by atoms with Crippen LogP contribution < -0.4 is 5.32 Å². The van der Waals surface area contributed by atoms with Gasteiger partial charge in [-0.15, -0.1) is 0 Å². The van der Waals surface area contributed by atoms with E-state index in [0.29, 0.717) is 0 Å². The highest BCUT2D eigenvalue weighted by atomic mass is 16.3. The molecule has 2 heteroatoms. The molecular formula is C10H19NO. The molecule has 2 aliphatic carbocycles. The van der Waals surface area contributed by atoms with Gasteiger partial charge >= 0.3 is 0 Å². The maximum absolute atomic E-state index is 8.70. The molecule has 0 heterocycles.